The zero-order valence-corrected chi connectivity index (χ0v) is 13.6. The average Bonchev–Trinajstić information content (AvgIpc) is 3.01. The summed E-state index contributed by atoms with van der Waals surface area (Å²) in [5, 5.41) is 3.26. The smallest absolute Gasteiger partial charge is 0.251 e. The number of benzene rings is 1. The van der Waals surface area contributed by atoms with Crippen LogP contribution in [0.25, 0.3) is 0 Å². The molecule has 4 nitrogen and oxygen atoms in total. The van der Waals surface area contributed by atoms with Crippen LogP contribution in [0.1, 0.15) is 40.7 Å². The molecule has 0 aromatic heterocycles. The van der Waals surface area contributed by atoms with Crippen molar-refractivity contribution in [2.24, 2.45) is 0 Å². The summed E-state index contributed by atoms with van der Waals surface area (Å²) in [4.78, 5) is 15.1. The number of rotatable bonds is 3. The molecule has 120 valence electrons. The minimum atomic E-state index is 0.0443. The molecule has 0 radical (unpaired) electrons. The molecule has 0 spiro atoms. The van der Waals surface area contributed by atoms with E-state index >= 15 is 0 Å². The van der Waals surface area contributed by atoms with Crippen LogP contribution in [0.4, 0.5) is 0 Å². The van der Waals surface area contributed by atoms with Gasteiger partial charge < -0.3 is 10.1 Å². The highest BCUT2D eigenvalue weighted by molar-refractivity contribution is 5.94. The number of carbonyl (C=O) groups excluding carboxylic acids is 1. The molecule has 2 aliphatic heterocycles. The van der Waals surface area contributed by atoms with Gasteiger partial charge in [-0.3, -0.25) is 9.69 Å². The lowest BCUT2D eigenvalue weighted by Crippen LogP contribution is -2.55. The van der Waals surface area contributed by atoms with Crippen LogP contribution in [-0.4, -0.2) is 49.2 Å². The Labute approximate surface area is 132 Å². The molecular formula is C18H26N2O2. The molecule has 2 heterocycles. The highest BCUT2D eigenvalue weighted by atomic mass is 16.5. The molecule has 1 amide bonds. The quantitative estimate of drug-likeness (QED) is 0.931. The van der Waals surface area contributed by atoms with E-state index in [4.69, 9.17) is 4.74 Å². The number of hydrogen-bond donors (Lipinski definition) is 1. The van der Waals surface area contributed by atoms with Gasteiger partial charge in [0, 0.05) is 18.2 Å². The highest BCUT2D eigenvalue weighted by Crippen LogP contribution is 2.20. The van der Waals surface area contributed by atoms with Crippen LogP contribution in [0.15, 0.2) is 18.2 Å². The van der Waals surface area contributed by atoms with E-state index in [0.29, 0.717) is 6.04 Å². The van der Waals surface area contributed by atoms with E-state index in [1.165, 1.54) is 12.8 Å². The van der Waals surface area contributed by atoms with E-state index in [1.54, 1.807) is 0 Å². The maximum atomic E-state index is 12.6. The number of nitrogens with zero attached hydrogens (tertiary/aromatic N) is 1. The third kappa shape index (κ3) is 3.50. The van der Waals surface area contributed by atoms with Gasteiger partial charge in [-0.2, -0.15) is 0 Å². The fourth-order valence-corrected chi connectivity index (χ4v) is 3.68. The number of ether oxygens (including phenoxy) is 1. The molecule has 1 aromatic rings. The topological polar surface area (TPSA) is 41.6 Å². The summed E-state index contributed by atoms with van der Waals surface area (Å²) >= 11 is 0. The molecule has 22 heavy (non-hydrogen) atoms. The largest absolute Gasteiger partial charge is 0.380 e. The first-order valence-corrected chi connectivity index (χ1v) is 8.34. The van der Waals surface area contributed by atoms with Crippen molar-refractivity contribution in [2.45, 2.75) is 45.2 Å². The average molecular weight is 302 g/mol. The Bertz CT molecular complexity index is 518. The van der Waals surface area contributed by atoms with Gasteiger partial charge in [-0.05, 0) is 58.3 Å². The van der Waals surface area contributed by atoms with Gasteiger partial charge >= 0.3 is 0 Å². The lowest BCUT2D eigenvalue weighted by molar-refractivity contribution is 0.00577. The van der Waals surface area contributed by atoms with E-state index in [1.807, 2.05) is 26.0 Å². The molecule has 0 saturated carbocycles. The van der Waals surface area contributed by atoms with Gasteiger partial charge in [-0.25, -0.2) is 0 Å². The number of amides is 1. The van der Waals surface area contributed by atoms with Gasteiger partial charge in [0.1, 0.15) is 0 Å². The minimum Gasteiger partial charge on any atom is -0.380 e. The molecular weight excluding hydrogens is 276 g/mol. The zero-order chi connectivity index (χ0) is 15.5. The number of nitrogens with one attached hydrogen (secondary N) is 1. The van der Waals surface area contributed by atoms with Gasteiger partial charge in [0.15, 0.2) is 0 Å². The second kappa shape index (κ2) is 6.80. The lowest BCUT2D eigenvalue weighted by atomic mass is 10.0. The Morgan fingerprint density at radius 2 is 1.86 bits per heavy atom. The van der Waals surface area contributed by atoms with Crippen LogP contribution in [0.2, 0.25) is 0 Å². The van der Waals surface area contributed by atoms with E-state index in [-0.39, 0.29) is 11.9 Å². The summed E-state index contributed by atoms with van der Waals surface area (Å²) in [6, 6.07) is 6.54. The van der Waals surface area contributed by atoms with Gasteiger partial charge in [-0.1, -0.05) is 17.2 Å². The molecule has 0 bridgehead atoms. The van der Waals surface area contributed by atoms with Crippen molar-refractivity contribution >= 4 is 5.91 Å². The fraction of sp³-hybridized carbons (Fsp3) is 0.611. The number of likely N-dealkylation sites (tertiary alicyclic amines) is 1. The molecule has 3 rings (SSSR count). The normalized spacial score (nSPS) is 26.1. The van der Waals surface area contributed by atoms with Gasteiger partial charge in [-0.15, -0.1) is 0 Å². The van der Waals surface area contributed by atoms with E-state index in [9.17, 15) is 4.79 Å². The summed E-state index contributed by atoms with van der Waals surface area (Å²) in [6.45, 7) is 7.80. The predicted octanol–water partition coefficient (Wildman–Crippen LogP) is 2.29. The van der Waals surface area contributed by atoms with Crippen molar-refractivity contribution in [2.75, 3.05) is 26.3 Å². The third-order valence-corrected chi connectivity index (χ3v) is 4.74. The summed E-state index contributed by atoms with van der Waals surface area (Å²) in [5.41, 5.74) is 3.03. The Kier molecular flexibility index (Phi) is 4.79. The van der Waals surface area contributed by atoms with Crippen LogP contribution in [0.5, 0.6) is 0 Å². The highest BCUT2D eigenvalue weighted by Gasteiger charge is 2.33. The van der Waals surface area contributed by atoms with Crippen LogP contribution in [-0.2, 0) is 4.74 Å². The van der Waals surface area contributed by atoms with Crippen LogP contribution >= 0.6 is 0 Å². The second-order valence-corrected chi connectivity index (χ2v) is 6.63. The van der Waals surface area contributed by atoms with Crippen molar-refractivity contribution in [1.29, 1.82) is 0 Å². The number of carbonyl (C=O) groups is 1. The molecule has 2 fully saturated rings. The first-order valence-electron chi connectivity index (χ1n) is 8.34. The molecule has 4 heteroatoms. The first-order chi connectivity index (χ1) is 10.6. The SMILES string of the molecule is Cc1cc(C)cc(C(=O)NC2CCOCC2N2CCCC2)c1. The van der Waals surface area contributed by atoms with Gasteiger partial charge in [0.2, 0.25) is 0 Å². The van der Waals surface area contributed by atoms with Crippen molar-refractivity contribution in [3.05, 3.63) is 34.9 Å². The molecule has 0 aliphatic carbocycles. The fourth-order valence-electron chi connectivity index (χ4n) is 3.68. The first kappa shape index (κ1) is 15.5. The second-order valence-electron chi connectivity index (χ2n) is 6.63. The van der Waals surface area contributed by atoms with Crippen LogP contribution in [0, 0.1) is 13.8 Å². The Hall–Kier alpha value is -1.39. The van der Waals surface area contributed by atoms with Crippen LogP contribution in [0.3, 0.4) is 0 Å². The number of hydrogen-bond acceptors (Lipinski definition) is 3. The zero-order valence-electron chi connectivity index (χ0n) is 13.6. The minimum absolute atomic E-state index is 0.0443. The predicted molar refractivity (Wildman–Crippen MR) is 87.2 cm³/mol. The van der Waals surface area contributed by atoms with Crippen LogP contribution < -0.4 is 5.32 Å². The van der Waals surface area contributed by atoms with Crippen molar-refractivity contribution in [3.8, 4) is 0 Å². The maximum absolute atomic E-state index is 12.6. The molecule has 2 unspecified atom stereocenters. The summed E-state index contributed by atoms with van der Waals surface area (Å²) in [6.07, 6.45) is 3.42. The summed E-state index contributed by atoms with van der Waals surface area (Å²) in [7, 11) is 0. The van der Waals surface area contributed by atoms with Crippen molar-refractivity contribution < 1.29 is 9.53 Å². The maximum Gasteiger partial charge on any atom is 0.251 e. The lowest BCUT2D eigenvalue weighted by Gasteiger charge is -2.38. The number of aryl methyl sites for hydroxylation is 2. The molecule has 2 saturated heterocycles. The molecule has 1 N–H and O–H groups in total. The molecule has 2 aliphatic rings. The standard InChI is InChI=1S/C18H26N2O2/c1-13-9-14(2)11-15(10-13)18(21)19-16-5-8-22-12-17(16)20-6-3-4-7-20/h9-11,16-17H,3-8,12H2,1-2H3,(H,19,21). The van der Waals surface area contributed by atoms with E-state index in [2.05, 4.69) is 16.3 Å². The third-order valence-electron chi connectivity index (χ3n) is 4.74. The van der Waals surface area contributed by atoms with Crippen molar-refractivity contribution in [1.82, 2.24) is 10.2 Å². The van der Waals surface area contributed by atoms with Gasteiger partial charge in [0.25, 0.3) is 5.91 Å². The Morgan fingerprint density at radius 1 is 1.18 bits per heavy atom. The Balaban J connectivity index is 1.70. The van der Waals surface area contributed by atoms with Gasteiger partial charge in [0.05, 0.1) is 12.6 Å². The monoisotopic (exact) mass is 302 g/mol. The van der Waals surface area contributed by atoms with E-state index in [0.717, 1.165) is 49.4 Å². The van der Waals surface area contributed by atoms with E-state index < -0.39 is 0 Å². The molecule has 2 atom stereocenters. The summed E-state index contributed by atoms with van der Waals surface area (Å²) < 4.78 is 5.66. The van der Waals surface area contributed by atoms with Crippen molar-refractivity contribution in [3.63, 3.8) is 0 Å². The molecule has 1 aromatic carbocycles. The summed E-state index contributed by atoms with van der Waals surface area (Å²) in [5.74, 6) is 0.0443. The Morgan fingerprint density at radius 3 is 2.55 bits per heavy atom.